The first kappa shape index (κ1) is 22.7. The number of aryl methyl sites for hydroxylation is 1. The fourth-order valence-electron chi connectivity index (χ4n) is 2.96. The normalized spacial score (nSPS) is 12.5. The number of carbonyl (C=O) groups is 1. The summed E-state index contributed by atoms with van der Waals surface area (Å²) >= 11 is 0. The lowest BCUT2D eigenvalue weighted by Crippen LogP contribution is -2.33. The highest BCUT2D eigenvalue weighted by molar-refractivity contribution is 7.92. The van der Waals surface area contributed by atoms with E-state index in [4.69, 9.17) is 4.74 Å². The maximum atomic E-state index is 12.9. The fourth-order valence-corrected chi connectivity index (χ4v) is 3.46. The summed E-state index contributed by atoms with van der Waals surface area (Å²) in [6, 6.07) is 12.6. The van der Waals surface area contributed by atoms with E-state index in [0.29, 0.717) is 17.9 Å². The Kier molecular flexibility index (Phi) is 7.30. The number of ether oxygens (including phenoxy) is 1. The lowest BCUT2D eigenvalue weighted by molar-refractivity contribution is -0.122. The molecule has 0 aliphatic rings. The molecule has 0 unspecified atom stereocenters. The van der Waals surface area contributed by atoms with Crippen LogP contribution in [0.5, 0.6) is 5.75 Å². The summed E-state index contributed by atoms with van der Waals surface area (Å²) in [6.07, 6.45) is 0.985. The Morgan fingerprint density at radius 2 is 1.76 bits per heavy atom. The van der Waals surface area contributed by atoms with Gasteiger partial charge in [-0.15, -0.1) is 0 Å². The summed E-state index contributed by atoms with van der Waals surface area (Å²) in [5.74, 6) is 0.582. The molecule has 0 bridgehead atoms. The van der Waals surface area contributed by atoms with Crippen LogP contribution in [0, 0.1) is 6.92 Å². The van der Waals surface area contributed by atoms with Crippen LogP contribution < -0.4 is 14.4 Å². The van der Waals surface area contributed by atoms with E-state index < -0.39 is 16.1 Å². The third kappa shape index (κ3) is 5.73. The maximum absolute atomic E-state index is 12.9. The van der Waals surface area contributed by atoms with Crippen molar-refractivity contribution < 1.29 is 17.9 Å². The van der Waals surface area contributed by atoms with Gasteiger partial charge in [0.05, 0.1) is 11.9 Å². The highest BCUT2D eigenvalue weighted by atomic mass is 32.2. The van der Waals surface area contributed by atoms with E-state index in [0.717, 1.165) is 23.1 Å². The standard InChI is InChI=1S/C22H30N2O4S/c1-7-20(22(25)23-21-16(4)9-8-10-19(21)15(2)3)28-18-13-11-17(12-14-18)24(5)29(6,26)27/h8-15,20H,7H2,1-6H3,(H,23,25)/t20-/m0/s1. The Morgan fingerprint density at radius 3 is 2.28 bits per heavy atom. The number of para-hydroxylation sites is 1. The fraction of sp³-hybridized carbons (Fsp3) is 0.409. The Bertz CT molecular complexity index is 953. The summed E-state index contributed by atoms with van der Waals surface area (Å²) < 4.78 is 30.4. The Labute approximate surface area is 173 Å². The zero-order valence-corrected chi connectivity index (χ0v) is 18.7. The molecule has 0 radical (unpaired) electrons. The molecule has 0 aliphatic heterocycles. The molecule has 2 aromatic carbocycles. The van der Waals surface area contributed by atoms with Crippen LogP contribution in [0.1, 0.15) is 44.2 Å². The molecule has 0 fully saturated rings. The number of nitrogens with zero attached hydrogens (tertiary/aromatic N) is 1. The summed E-state index contributed by atoms with van der Waals surface area (Å²) in [7, 11) is -1.84. The second-order valence-corrected chi connectivity index (χ2v) is 9.44. The summed E-state index contributed by atoms with van der Waals surface area (Å²) in [5.41, 5.74) is 3.45. The largest absolute Gasteiger partial charge is 0.481 e. The van der Waals surface area contributed by atoms with E-state index in [9.17, 15) is 13.2 Å². The number of benzene rings is 2. The minimum absolute atomic E-state index is 0.207. The van der Waals surface area contributed by atoms with Crippen LogP contribution in [0.25, 0.3) is 0 Å². The van der Waals surface area contributed by atoms with E-state index in [2.05, 4.69) is 19.2 Å². The number of carbonyl (C=O) groups excluding carboxylic acids is 1. The molecule has 1 atom stereocenters. The third-order valence-electron chi connectivity index (χ3n) is 4.81. The molecule has 0 saturated carbocycles. The summed E-state index contributed by atoms with van der Waals surface area (Å²) in [5, 5.41) is 3.03. The van der Waals surface area contributed by atoms with Crippen LogP contribution in [0.4, 0.5) is 11.4 Å². The zero-order valence-electron chi connectivity index (χ0n) is 17.9. The van der Waals surface area contributed by atoms with Crippen molar-refractivity contribution in [1.29, 1.82) is 0 Å². The van der Waals surface area contributed by atoms with Crippen LogP contribution in [0.15, 0.2) is 42.5 Å². The Hall–Kier alpha value is -2.54. The van der Waals surface area contributed by atoms with Gasteiger partial charge in [-0.3, -0.25) is 9.10 Å². The minimum Gasteiger partial charge on any atom is -0.481 e. The van der Waals surface area contributed by atoms with Crippen LogP contribution >= 0.6 is 0 Å². The molecule has 158 valence electrons. The average Bonchev–Trinajstić information content (AvgIpc) is 2.66. The predicted octanol–water partition coefficient (Wildman–Crippen LogP) is 4.31. The van der Waals surface area contributed by atoms with Crippen molar-refractivity contribution >= 4 is 27.3 Å². The number of amides is 1. The van der Waals surface area contributed by atoms with Crippen LogP contribution in [-0.2, 0) is 14.8 Å². The number of sulfonamides is 1. The van der Waals surface area contributed by atoms with Crippen LogP contribution in [0.3, 0.4) is 0 Å². The number of anilines is 2. The molecular formula is C22H30N2O4S. The van der Waals surface area contributed by atoms with E-state index in [-0.39, 0.29) is 11.8 Å². The second-order valence-electron chi connectivity index (χ2n) is 7.42. The highest BCUT2D eigenvalue weighted by Crippen LogP contribution is 2.28. The Balaban J connectivity index is 2.16. The number of rotatable bonds is 8. The monoisotopic (exact) mass is 418 g/mol. The molecule has 0 saturated heterocycles. The SMILES string of the molecule is CC[C@H](Oc1ccc(N(C)S(C)(=O)=O)cc1)C(=O)Nc1c(C)cccc1C(C)C. The van der Waals surface area contributed by atoms with Crippen molar-refractivity contribution in [2.45, 2.75) is 46.1 Å². The molecule has 1 N–H and O–H groups in total. The molecule has 2 rings (SSSR count). The van der Waals surface area contributed by atoms with E-state index >= 15 is 0 Å². The van der Waals surface area contributed by atoms with Gasteiger partial charge in [-0.05, 0) is 54.7 Å². The topological polar surface area (TPSA) is 75.7 Å². The van der Waals surface area contributed by atoms with Gasteiger partial charge in [0, 0.05) is 12.7 Å². The molecule has 0 aromatic heterocycles. The minimum atomic E-state index is -3.33. The maximum Gasteiger partial charge on any atom is 0.265 e. The number of nitrogens with one attached hydrogen (secondary N) is 1. The molecule has 2 aromatic rings. The van der Waals surface area contributed by atoms with Crippen molar-refractivity contribution in [2.24, 2.45) is 0 Å². The molecular weight excluding hydrogens is 388 g/mol. The first-order valence-corrected chi connectivity index (χ1v) is 11.5. The van der Waals surface area contributed by atoms with Gasteiger partial charge in [0.15, 0.2) is 6.10 Å². The molecule has 0 spiro atoms. The van der Waals surface area contributed by atoms with Gasteiger partial charge in [-0.25, -0.2) is 8.42 Å². The first-order chi connectivity index (χ1) is 13.5. The van der Waals surface area contributed by atoms with Gasteiger partial charge < -0.3 is 10.1 Å². The molecule has 0 aliphatic carbocycles. The lowest BCUT2D eigenvalue weighted by atomic mass is 9.98. The smallest absolute Gasteiger partial charge is 0.265 e. The number of hydrogen-bond acceptors (Lipinski definition) is 4. The lowest BCUT2D eigenvalue weighted by Gasteiger charge is -2.21. The predicted molar refractivity (Wildman–Crippen MR) is 118 cm³/mol. The highest BCUT2D eigenvalue weighted by Gasteiger charge is 2.21. The van der Waals surface area contributed by atoms with Crippen molar-refractivity contribution in [2.75, 3.05) is 22.9 Å². The molecule has 7 heteroatoms. The van der Waals surface area contributed by atoms with Crippen LogP contribution in [-0.4, -0.2) is 33.7 Å². The van der Waals surface area contributed by atoms with Gasteiger partial charge in [0.2, 0.25) is 10.0 Å². The molecule has 0 heterocycles. The molecule has 29 heavy (non-hydrogen) atoms. The average molecular weight is 419 g/mol. The summed E-state index contributed by atoms with van der Waals surface area (Å²) in [4.78, 5) is 12.9. The third-order valence-corrected chi connectivity index (χ3v) is 6.02. The van der Waals surface area contributed by atoms with Gasteiger partial charge in [0.1, 0.15) is 5.75 Å². The van der Waals surface area contributed by atoms with E-state index in [1.54, 1.807) is 24.3 Å². The van der Waals surface area contributed by atoms with Crippen molar-refractivity contribution in [3.63, 3.8) is 0 Å². The van der Waals surface area contributed by atoms with Gasteiger partial charge >= 0.3 is 0 Å². The van der Waals surface area contributed by atoms with Gasteiger partial charge in [0.25, 0.3) is 5.91 Å². The summed E-state index contributed by atoms with van der Waals surface area (Å²) in [6.45, 7) is 8.04. The first-order valence-electron chi connectivity index (χ1n) is 9.65. The van der Waals surface area contributed by atoms with Crippen molar-refractivity contribution in [1.82, 2.24) is 0 Å². The zero-order chi connectivity index (χ0) is 21.8. The molecule has 6 nitrogen and oxygen atoms in total. The number of hydrogen-bond donors (Lipinski definition) is 1. The van der Waals surface area contributed by atoms with Crippen molar-refractivity contribution in [3.05, 3.63) is 53.6 Å². The Morgan fingerprint density at radius 1 is 1.14 bits per heavy atom. The van der Waals surface area contributed by atoms with Crippen LogP contribution in [0.2, 0.25) is 0 Å². The molecule has 1 amide bonds. The van der Waals surface area contributed by atoms with E-state index in [1.807, 2.05) is 32.0 Å². The van der Waals surface area contributed by atoms with Crippen molar-refractivity contribution in [3.8, 4) is 5.75 Å². The van der Waals surface area contributed by atoms with Gasteiger partial charge in [-0.2, -0.15) is 0 Å². The quantitative estimate of drug-likeness (QED) is 0.693. The second kappa shape index (κ2) is 9.31. The van der Waals surface area contributed by atoms with E-state index in [1.165, 1.54) is 11.4 Å². The van der Waals surface area contributed by atoms with Gasteiger partial charge in [-0.1, -0.05) is 39.0 Å².